The van der Waals surface area contributed by atoms with Crippen LogP contribution in [0.25, 0.3) is 0 Å². The van der Waals surface area contributed by atoms with Gasteiger partial charge in [0, 0.05) is 36.1 Å². The van der Waals surface area contributed by atoms with E-state index in [1.165, 1.54) is 35.0 Å². The van der Waals surface area contributed by atoms with Crippen molar-refractivity contribution in [1.82, 2.24) is 14.9 Å². The van der Waals surface area contributed by atoms with Crippen molar-refractivity contribution in [1.29, 1.82) is 0 Å². The molecule has 3 rings (SSSR count). The fourth-order valence-corrected chi connectivity index (χ4v) is 3.97. The van der Waals surface area contributed by atoms with E-state index >= 15 is 0 Å². The van der Waals surface area contributed by atoms with Crippen LogP contribution in [0.2, 0.25) is 0 Å². The van der Waals surface area contributed by atoms with Crippen LogP contribution >= 0.6 is 11.3 Å². The van der Waals surface area contributed by atoms with E-state index in [0.717, 1.165) is 25.6 Å². The predicted octanol–water partition coefficient (Wildman–Crippen LogP) is 3.45. The number of hydrogen-bond donors (Lipinski definition) is 0. The third kappa shape index (κ3) is 4.05. The second-order valence-electron chi connectivity index (χ2n) is 5.96. The SMILES string of the molecule is Cc1nc(C)c(CN2CCCC(COc3ccccn3)C2)s1. The summed E-state index contributed by atoms with van der Waals surface area (Å²) in [4.78, 5) is 12.7. The van der Waals surface area contributed by atoms with Gasteiger partial charge >= 0.3 is 0 Å². The summed E-state index contributed by atoms with van der Waals surface area (Å²) in [6.07, 6.45) is 4.26. The summed E-state index contributed by atoms with van der Waals surface area (Å²) in [5.74, 6) is 1.32. The van der Waals surface area contributed by atoms with E-state index in [-0.39, 0.29) is 0 Å². The van der Waals surface area contributed by atoms with E-state index in [1.54, 1.807) is 6.20 Å². The predicted molar refractivity (Wildman–Crippen MR) is 89.3 cm³/mol. The second-order valence-corrected chi connectivity index (χ2v) is 7.25. The number of ether oxygens (including phenoxy) is 1. The Kier molecular flexibility index (Phi) is 5.05. The molecule has 118 valence electrons. The van der Waals surface area contributed by atoms with Crippen molar-refractivity contribution >= 4 is 11.3 Å². The van der Waals surface area contributed by atoms with E-state index in [1.807, 2.05) is 29.5 Å². The van der Waals surface area contributed by atoms with Crippen molar-refractivity contribution in [3.63, 3.8) is 0 Å². The van der Waals surface area contributed by atoms with Crippen LogP contribution in [0, 0.1) is 19.8 Å². The van der Waals surface area contributed by atoms with Crippen LogP contribution in [0.4, 0.5) is 0 Å². The van der Waals surface area contributed by atoms with Gasteiger partial charge in [0.15, 0.2) is 0 Å². The van der Waals surface area contributed by atoms with Gasteiger partial charge in [0.25, 0.3) is 0 Å². The summed E-state index contributed by atoms with van der Waals surface area (Å²) in [6, 6.07) is 5.79. The summed E-state index contributed by atoms with van der Waals surface area (Å²) in [7, 11) is 0. The third-order valence-corrected chi connectivity index (χ3v) is 5.13. The largest absolute Gasteiger partial charge is 0.477 e. The van der Waals surface area contributed by atoms with Gasteiger partial charge in [-0.25, -0.2) is 9.97 Å². The van der Waals surface area contributed by atoms with Crippen LogP contribution in [0.3, 0.4) is 0 Å². The van der Waals surface area contributed by atoms with E-state index < -0.39 is 0 Å². The summed E-state index contributed by atoms with van der Waals surface area (Å²) >= 11 is 1.83. The van der Waals surface area contributed by atoms with Crippen LogP contribution in [0.1, 0.15) is 28.4 Å². The van der Waals surface area contributed by atoms with Gasteiger partial charge in [-0.15, -0.1) is 11.3 Å². The number of aryl methyl sites for hydroxylation is 2. The normalized spacial score (nSPS) is 19.3. The number of likely N-dealkylation sites (tertiary alicyclic amines) is 1. The first-order valence-corrected chi connectivity index (χ1v) is 8.71. The lowest BCUT2D eigenvalue weighted by Crippen LogP contribution is -2.37. The lowest BCUT2D eigenvalue weighted by atomic mass is 9.99. The van der Waals surface area contributed by atoms with Gasteiger partial charge in [0.1, 0.15) is 0 Å². The van der Waals surface area contributed by atoms with Gasteiger partial charge in [0.2, 0.25) is 5.88 Å². The number of aromatic nitrogens is 2. The molecule has 0 saturated carbocycles. The zero-order valence-electron chi connectivity index (χ0n) is 13.3. The molecule has 0 radical (unpaired) electrons. The van der Waals surface area contributed by atoms with Gasteiger partial charge in [-0.3, -0.25) is 4.90 Å². The van der Waals surface area contributed by atoms with Crippen molar-refractivity contribution < 1.29 is 4.74 Å². The maximum atomic E-state index is 5.82. The summed E-state index contributed by atoms with van der Waals surface area (Å²) < 4.78 is 5.82. The van der Waals surface area contributed by atoms with E-state index in [4.69, 9.17) is 4.74 Å². The molecule has 0 N–H and O–H groups in total. The molecule has 1 atom stereocenters. The molecule has 0 bridgehead atoms. The minimum Gasteiger partial charge on any atom is -0.477 e. The van der Waals surface area contributed by atoms with Crippen LogP contribution in [-0.2, 0) is 6.54 Å². The highest BCUT2D eigenvalue weighted by Crippen LogP contribution is 2.23. The molecule has 3 heterocycles. The standard InChI is InChI=1S/C17H23N3OS/c1-13-16(22-14(2)19-13)11-20-9-5-6-15(10-20)12-21-17-7-3-4-8-18-17/h3-4,7-8,15H,5-6,9-12H2,1-2H3. The monoisotopic (exact) mass is 317 g/mol. The minimum atomic E-state index is 0.588. The van der Waals surface area contributed by atoms with E-state index in [0.29, 0.717) is 5.92 Å². The Balaban J connectivity index is 1.52. The minimum absolute atomic E-state index is 0.588. The molecule has 5 heteroatoms. The molecular weight excluding hydrogens is 294 g/mol. The van der Waals surface area contributed by atoms with Crippen LogP contribution in [-0.4, -0.2) is 34.6 Å². The maximum Gasteiger partial charge on any atom is 0.213 e. The first-order chi connectivity index (χ1) is 10.7. The quantitative estimate of drug-likeness (QED) is 0.846. The molecule has 0 spiro atoms. The number of rotatable bonds is 5. The Morgan fingerprint density at radius 1 is 1.36 bits per heavy atom. The Morgan fingerprint density at radius 2 is 2.27 bits per heavy atom. The second kappa shape index (κ2) is 7.20. The number of piperidine rings is 1. The van der Waals surface area contributed by atoms with Crippen LogP contribution in [0.15, 0.2) is 24.4 Å². The van der Waals surface area contributed by atoms with Crippen molar-refractivity contribution in [2.45, 2.75) is 33.2 Å². The average molecular weight is 317 g/mol. The van der Waals surface area contributed by atoms with Crippen molar-refractivity contribution in [3.8, 4) is 5.88 Å². The number of thiazole rings is 1. The van der Waals surface area contributed by atoms with Crippen LogP contribution in [0.5, 0.6) is 5.88 Å². The summed E-state index contributed by atoms with van der Waals surface area (Å²) in [5.41, 5.74) is 1.19. The van der Waals surface area contributed by atoms with Gasteiger partial charge in [0.05, 0.1) is 17.3 Å². The van der Waals surface area contributed by atoms with Gasteiger partial charge in [-0.2, -0.15) is 0 Å². The molecule has 1 unspecified atom stereocenters. The van der Waals surface area contributed by atoms with Gasteiger partial charge in [-0.1, -0.05) is 6.07 Å². The molecule has 2 aromatic heterocycles. The zero-order chi connectivity index (χ0) is 15.4. The molecule has 1 aliphatic heterocycles. The molecule has 2 aromatic rings. The molecule has 0 aromatic carbocycles. The lowest BCUT2D eigenvalue weighted by Gasteiger charge is -2.32. The number of hydrogen-bond acceptors (Lipinski definition) is 5. The zero-order valence-corrected chi connectivity index (χ0v) is 14.1. The highest BCUT2D eigenvalue weighted by atomic mass is 32.1. The topological polar surface area (TPSA) is 38.2 Å². The molecule has 1 saturated heterocycles. The molecule has 1 aliphatic rings. The molecule has 22 heavy (non-hydrogen) atoms. The first kappa shape index (κ1) is 15.4. The summed E-state index contributed by atoms with van der Waals surface area (Å²) in [5, 5.41) is 1.17. The van der Waals surface area contributed by atoms with Crippen molar-refractivity contribution in [3.05, 3.63) is 40.0 Å². The summed E-state index contributed by atoms with van der Waals surface area (Å²) in [6.45, 7) is 8.26. The highest BCUT2D eigenvalue weighted by molar-refractivity contribution is 7.11. The molecular formula is C17H23N3OS. The number of nitrogens with zero attached hydrogens (tertiary/aromatic N) is 3. The van der Waals surface area contributed by atoms with Gasteiger partial charge in [-0.05, 0) is 39.3 Å². The molecule has 1 fully saturated rings. The Morgan fingerprint density at radius 3 is 3.00 bits per heavy atom. The van der Waals surface area contributed by atoms with Crippen LogP contribution < -0.4 is 4.74 Å². The number of pyridine rings is 1. The van der Waals surface area contributed by atoms with E-state index in [9.17, 15) is 0 Å². The molecule has 0 amide bonds. The Hall–Kier alpha value is -1.46. The average Bonchev–Trinajstić information content (AvgIpc) is 2.84. The highest BCUT2D eigenvalue weighted by Gasteiger charge is 2.22. The Bertz CT molecular complexity index is 599. The smallest absolute Gasteiger partial charge is 0.213 e. The first-order valence-electron chi connectivity index (χ1n) is 7.90. The third-order valence-electron chi connectivity index (χ3n) is 4.07. The Labute approximate surface area is 136 Å². The van der Waals surface area contributed by atoms with E-state index in [2.05, 4.69) is 28.7 Å². The van der Waals surface area contributed by atoms with Gasteiger partial charge < -0.3 is 4.74 Å². The maximum absolute atomic E-state index is 5.82. The molecule has 0 aliphatic carbocycles. The van der Waals surface area contributed by atoms with Crippen molar-refractivity contribution in [2.24, 2.45) is 5.92 Å². The molecule has 4 nitrogen and oxygen atoms in total. The fourth-order valence-electron chi connectivity index (χ4n) is 2.99. The lowest BCUT2D eigenvalue weighted by molar-refractivity contribution is 0.123. The van der Waals surface area contributed by atoms with Crippen molar-refractivity contribution in [2.75, 3.05) is 19.7 Å². The fraction of sp³-hybridized carbons (Fsp3) is 0.529.